The summed E-state index contributed by atoms with van der Waals surface area (Å²) in [6, 6.07) is 7.55. The number of piperidine rings is 1. The minimum atomic E-state index is -0.940. The van der Waals surface area contributed by atoms with Gasteiger partial charge in [-0.25, -0.2) is 14.1 Å². The van der Waals surface area contributed by atoms with E-state index in [-0.39, 0.29) is 23.0 Å². The zero-order valence-corrected chi connectivity index (χ0v) is 26.7. The molecule has 1 amide bonds. The monoisotopic (exact) mass is 629 g/mol. The van der Waals surface area contributed by atoms with Gasteiger partial charge in [-0.15, -0.1) is 0 Å². The van der Waals surface area contributed by atoms with Gasteiger partial charge in [0.1, 0.15) is 12.8 Å². The predicted octanol–water partition coefficient (Wildman–Crippen LogP) is 2.68. The molecule has 46 heavy (non-hydrogen) atoms. The number of rotatable bonds is 2. The van der Waals surface area contributed by atoms with Gasteiger partial charge in [-0.3, -0.25) is 19.8 Å². The van der Waals surface area contributed by atoms with Crippen LogP contribution in [0.4, 0.5) is 16.0 Å². The number of carbonyl (C=O) groups excluding carboxylic acids is 1. The van der Waals surface area contributed by atoms with Crippen LogP contribution >= 0.6 is 0 Å². The third kappa shape index (κ3) is 4.62. The fourth-order valence-electron chi connectivity index (χ4n) is 8.33. The molecule has 3 aliphatic heterocycles. The third-order valence-corrected chi connectivity index (χ3v) is 10.6. The summed E-state index contributed by atoms with van der Waals surface area (Å²) in [5.41, 5.74) is 3.35. The van der Waals surface area contributed by atoms with Crippen LogP contribution in [-0.2, 0) is 19.6 Å². The van der Waals surface area contributed by atoms with Crippen molar-refractivity contribution in [2.24, 2.45) is 20.0 Å². The molecule has 5 bridgehead atoms. The SMILES string of the molecule is CN(C)C1CN(c2ccc3nc4n(c3c2)C23CCC(CN(CCOc5c(cnn5C)-c5cc(cn(C)c5=O)C(=O)N4)C2)C3)CC1F. The maximum absolute atomic E-state index is 15.0. The van der Waals surface area contributed by atoms with Crippen LogP contribution < -0.4 is 20.5 Å². The third-order valence-electron chi connectivity index (χ3n) is 10.6. The number of imidazole rings is 1. The van der Waals surface area contributed by atoms with Crippen molar-refractivity contribution in [1.82, 2.24) is 33.7 Å². The van der Waals surface area contributed by atoms with E-state index >= 15 is 4.39 Å². The predicted molar refractivity (Wildman–Crippen MR) is 173 cm³/mol. The number of aromatic nitrogens is 5. The lowest BCUT2D eigenvalue weighted by atomic mass is 9.90. The summed E-state index contributed by atoms with van der Waals surface area (Å²) in [6.07, 6.45) is 5.26. The number of alkyl halides is 1. The summed E-state index contributed by atoms with van der Waals surface area (Å²) in [5.74, 6) is 1.13. The molecule has 1 spiro atoms. The minimum absolute atomic E-state index is 0.171. The molecule has 5 unspecified atom stereocenters. The normalized spacial score (nSPS) is 27.6. The van der Waals surface area contributed by atoms with Crippen LogP contribution in [0.15, 0.2) is 41.5 Å². The highest BCUT2D eigenvalue weighted by molar-refractivity contribution is 6.04. The Morgan fingerprint density at radius 2 is 1.96 bits per heavy atom. The number of ether oxygens (including phenoxy) is 1. The van der Waals surface area contributed by atoms with Gasteiger partial charge in [-0.05, 0) is 63.5 Å². The van der Waals surface area contributed by atoms with Crippen LogP contribution in [0.1, 0.15) is 29.6 Å². The summed E-state index contributed by atoms with van der Waals surface area (Å²) in [6.45, 7) is 3.84. The highest BCUT2D eigenvalue weighted by Crippen LogP contribution is 2.48. The minimum Gasteiger partial charge on any atom is -0.476 e. The van der Waals surface area contributed by atoms with Crippen molar-refractivity contribution in [3.63, 3.8) is 0 Å². The number of carbonyl (C=O) groups is 1. The van der Waals surface area contributed by atoms with E-state index in [9.17, 15) is 9.59 Å². The van der Waals surface area contributed by atoms with Crippen LogP contribution in [0.2, 0.25) is 0 Å². The summed E-state index contributed by atoms with van der Waals surface area (Å²) in [4.78, 5) is 38.9. The Bertz CT molecular complexity index is 1910. The number of pyridine rings is 1. The number of anilines is 2. The van der Waals surface area contributed by atoms with Gasteiger partial charge in [0.05, 0.1) is 52.0 Å². The van der Waals surface area contributed by atoms with Crippen molar-refractivity contribution in [3.8, 4) is 17.0 Å². The Kier molecular flexibility index (Phi) is 6.77. The Hall–Kier alpha value is -4.23. The second kappa shape index (κ2) is 10.7. The fourth-order valence-corrected chi connectivity index (χ4v) is 8.33. The first kappa shape index (κ1) is 29.2. The van der Waals surface area contributed by atoms with E-state index in [2.05, 4.69) is 30.8 Å². The van der Waals surface area contributed by atoms with Crippen LogP contribution in [0, 0.1) is 5.92 Å². The molecule has 0 radical (unpaired) electrons. The van der Waals surface area contributed by atoms with Crippen LogP contribution in [0.3, 0.4) is 0 Å². The molecular formula is C33H40FN9O3. The largest absolute Gasteiger partial charge is 0.476 e. The van der Waals surface area contributed by atoms with Gasteiger partial charge in [0.15, 0.2) is 0 Å². The maximum atomic E-state index is 15.0. The van der Waals surface area contributed by atoms with Gasteiger partial charge in [0.2, 0.25) is 11.8 Å². The van der Waals surface area contributed by atoms with Crippen molar-refractivity contribution in [2.75, 3.05) is 63.6 Å². The lowest BCUT2D eigenvalue weighted by molar-refractivity contribution is 0.0902. The smallest absolute Gasteiger partial charge is 0.259 e. The standard InChI is InChI=1S/C33H40FN9O3/c1-38(2)28-18-42(17-25(28)34)22-5-6-26-27(12-22)43-32(36-26)37-29(44)21-11-23(30(45)39(3)16-21)24-14-35-40(4)31(24)46-10-9-41-15-20-7-8-33(43,13-20)19-41/h5-6,11-12,14,16,20,25,28H,7-10,13,15,17-19H2,1-4H3,(H,36,37,44). The molecule has 4 aromatic rings. The number of hydrogen-bond donors (Lipinski definition) is 1. The molecule has 13 heteroatoms. The number of aryl methyl sites for hydroxylation is 2. The molecule has 1 aliphatic carbocycles. The molecule has 5 atom stereocenters. The van der Waals surface area contributed by atoms with E-state index in [1.807, 2.05) is 31.1 Å². The van der Waals surface area contributed by atoms with Crippen molar-refractivity contribution in [2.45, 2.75) is 37.0 Å². The molecule has 3 aromatic heterocycles. The van der Waals surface area contributed by atoms with E-state index in [1.165, 1.54) is 4.57 Å². The van der Waals surface area contributed by atoms with E-state index < -0.39 is 6.17 Å². The molecule has 242 valence electrons. The molecule has 4 aliphatic rings. The Balaban J connectivity index is 1.27. The van der Waals surface area contributed by atoms with Gasteiger partial charge in [-0.1, -0.05) is 0 Å². The number of nitrogens with one attached hydrogen (secondary N) is 1. The quantitative estimate of drug-likeness (QED) is 0.361. The van der Waals surface area contributed by atoms with Crippen molar-refractivity contribution < 1.29 is 13.9 Å². The summed E-state index contributed by atoms with van der Waals surface area (Å²) >= 11 is 0. The first-order valence-corrected chi connectivity index (χ1v) is 16.1. The summed E-state index contributed by atoms with van der Waals surface area (Å²) < 4.78 is 26.6. The molecule has 3 fully saturated rings. The average molecular weight is 630 g/mol. The van der Waals surface area contributed by atoms with Gasteiger partial charge in [-0.2, -0.15) is 5.10 Å². The topological polar surface area (TPSA) is 106 Å². The molecule has 6 heterocycles. The van der Waals surface area contributed by atoms with Crippen LogP contribution in [-0.4, -0.2) is 105 Å². The number of halogens is 1. The molecule has 1 saturated carbocycles. The van der Waals surface area contributed by atoms with E-state index in [4.69, 9.17) is 9.72 Å². The van der Waals surface area contributed by atoms with E-state index in [1.54, 1.807) is 37.2 Å². The van der Waals surface area contributed by atoms with Gasteiger partial charge < -0.3 is 23.7 Å². The number of likely N-dealkylation sites (N-methyl/N-ethyl adjacent to an activating group) is 1. The first-order chi connectivity index (χ1) is 22.1. The molecule has 2 saturated heterocycles. The highest BCUT2D eigenvalue weighted by atomic mass is 19.1. The number of hydrogen-bond acceptors (Lipinski definition) is 8. The van der Waals surface area contributed by atoms with Crippen molar-refractivity contribution >= 4 is 28.6 Å². The molecule has 8 rings (SSSR count). The highest BCUT2D eigenvalue weighted by Gasteiger charge is 2.48. The first-order valence-electron chi connectivity index (χ1n) is 16.1. The summed E-state index contributed by atoms with van der Waals surface area (Å²) in [7, 11) is 7.28. The van der Waals surface area contributed by atoms with Gasteiger partial charge >= 0.3 is 0 Å². The Labute approximate surface area is 266 Å². The zero-order chi connectivity index (χ0) is 31.9. The molecular weight excluding hydrogens is 589 g/mol. The lowest BCUT2D eigenvalue weighted by Gasteiger charge is -2.42. The second-order valence-electron chi connectivity index (χ2n) is 13.8. The molecule has 1 aromatic carbocycles. The average Bonchev–Trinajstić information content (AvgIpc) is 3.77. The van der Waals surface area contributed by atoms with Gasteiger partial charge in [0.25, 0.3) is 11.5 Å². The number of benzene rings is 1. The second-order valence-corrected chi connectivity index (χ2v) is 13.8. The van der Waals surface area contributed by atoms with Crippen LogP contribution in [0.25, 0.3) is 22.2 Å². The Morgan fingerprint density at radius 3 is 2.76 bits per heavy atom. The number of fused-ring (bicyclic) bond motifs is 9. The van der Waals surface area contributed by atoms with Crippen molar-refractivity contribution in [3.05, 3.63) is 52.6 Å². The van der Waals surface area contributed by atoms with Gasteiger partial charge in [0, 0.05) is 52.2 Å². The number of nitrogens with zero attached hydrogens (tertiary/aromatic N) is 8. The van der Waals surface area contributed by atoms with E-state index in [0.717, 1.165) is 49.1 Å². The zero-order valence-electron chi connectivity index (χ0n) is 26.7. The van der Waals surface area contributed by atoms with Crippen molar-refractivity contribution in [1.29, 1.82) is 0 Å². The van der Waals surface area contributed by atoms with Crippen LogP contribution in [0.5, 0.6) is 5.88 Å². The van der Waals surface area contributed by atoms with E-state index in [0.29, 0.717) is 60.7 Å². The lowest BCUT2D eigenvalue weighted by Crippen LogP contribution is -2.50. The maximum Gasteiger partial charge on any atom is 0.259 e. The molecule has 1 N–H and O–H groups in total. The number of amides is 1. The summed E-state index contributed by atoms with van der Waals surface area (Å²) in [5, 5.41) is 7.53. The molecule has 12 nitrogen and oxygen atoms in total. The fraction of sp³-hybridized carbons (Fsp3) is 0.515. The Morgan fingerprint density at radius 1 is 1.11 bits per heavy atom.